The fourth-order valence-corrected chi connectivity index (χ4v) is 2.92. The first kappa shape index (κ1) is 9.91. The Balaban J connectivity index is 2.25. The van der Waals surface area contributed by atoms with E-state index >= 15 is 0 Å². The summed E-state index contributed by atoms with van der Waals surface area (Å²) >= 11 is 0. The average molecular weight is 214 g/mol. The largest absolute Gasteiger partial charge is 0.343 e. The van der Waals surface area contributed by atoms with Crippen molar-refractivity contribution < 1.29 is 0 Å². The molecule has 1 unspecified atom stereocenters. The summed E-state index contributed by atoms with van der Waals surface area (Å²) in [7, 11) is 0. The van der Waals surface area contributed by atoms with Crippen LogP contribution in [0.4, 0.5) is 0 Å². The van der Waals surface area contributed by atoms with Gasteiger partial charge in [-0.2, -0.15) is 0 Å². The maximum atomic E-state index is 5.95. The van der Waals surface area contributed by atoms with Crippen molar-refractivity contribution in [2.24, 2.45) is 5.73 Å². The van der Waals surface area contributed by atoms with Gasteiger partial charge in [-0.25, -0.2) is 0 Å². The molecule has 0 saturated carbocycles. The van der Waals surface area contributed by atoms with Gasteiger partial charge < -0.3 is 10.3 Å². The van der Waals surface area contributed by atoms with Crippen molar-refractivity contribution in [3.8, 4) is 0 Å². The summed E-state index contributed by atoms with van der Waals surface area (Å²) in [5.74, 6) is 0. The maximum Gasteiger partial charge on any atom is 0.0485 e. The van der Waals surface area contributed by atoms with Crippen molar-refractivity contribution in [3.63, 3.8) is 0 Å². The highest BCUT2D eigenvalue weighted by Crippen LogP contribution is 2.32. The number of para-hydroxylation sites is 1. The molecule has 0 saturated heterocycles. The number of hydrogen-bond acceptors (Lipinski definition) is 1. The van der Waals surface area contributed by atoms with E-state index in [4.69, 9.17) is 5.73 Å². The van der Waals surface area contributed by atoms with Crippen LogP contribution in [-0.4, -0.2) is 10.6 Å². The zero-order valence-electron chi connectivity index (χ0n) is 9.74. The molecule has 1 aromatic heterocycles. The SMILES string of the molecule is CC(N)Cn1c2c(c3ccccc31)CCC2. The smallest absolute Gasteiger partial charge is 0.0485 e. The van der Waals surface area contributed by atoms with Gasteiger partial charge in [-0.1, -0.05) is 18.2 Å². The van der Waals surface area contributed by atoms with Crippen molar-refractivity contribution in [2.45, 2.75) is 38.8 Å². The van der Waals surface area contributed by atoms with Crippen LogP contribution in [0.2, 0.25) is 0 Å². The van der Waals surface area contributed by atoms with E-state index in [-0.39, 0.29) is 6.04 Å². The number of fused-ring (bicyclic) bond motifs is 3. The predicted molar refractivity (Wildman–Crippen MR) is 67.6 cm³/mol. The van der Waals surface area contributed by atoms with Gasteiger partial charge >= 0.3 is 0 Å². The number of rotatable bonds is 2. The molecule has 0 radical (unpaired) electrons. The van der Waals surface area contributed by atoms with Crippen LogP contribution in [0.5, 0.6) is 0 Å². The zero-order chi connectivity index (χ0) is 11.1. The number of benzene rings is 1. The van der Waals surface area contributed by atoms with E-state index in [0.29, 0.717) is 0 Å². The van der Waals surface area contributed by atoms with Crippen LogP contribution < -0.4 is 5.73 Å². The van der Waals surface area contributed by atoms with Crippen LogP contribution in [0.1, 0.15) is 24.6 Å². The molecule has 1 heterocycles. The lowest BCUT2D eigenvalue weighted by atomic mass is 10.1. The predicted octanol–water partition coefficient (Wildman–Crippen LogP) is 2.48. The third-order valence-corrected chi connectivity index (χ3v) is 3.51. The summed E-state index contributed by atoms with van der Waals surface area (Å²) in [6, 6.07) is 8.94. The highest BCUT2D eigenvalue weighted by Gasteiger charge is 2.21. The van der Waals surface area contributed by atoms with Gasteiger partial charge in [-0.05, 0) is 37.8 Å². The molecular weight excluding hydrogens is 196 g/mol. The van der Waals surface area contributed by atoms with E-state index in [1.165, 1.54) is 35.9 Å². The van der Waals surface area contributed by atoms with E-state index in [1.807, 2.05) is 0 Å². The van der Waals surface area contributed by atoms with Crippen LogP contribution in [0, 0.1) is 0 Å². The van der Waals surface area contributed by atoms with Crippen molar-refractivity contribution in [1.82, 2.24) is 4.57 Å². The Morgan fingerprint density at radius 1 is 1.31 bits per heavy atom. The number of aryl methyl sites for hydroxylation is 1. The molecule has 0 aliphatic heterocycles. The van der Waals surface area contributed by atoms with Gasteiger partial charge in [0.1, 0.15) is 0 Å². The average Bonchev–Trinajstić information content (AvgIpc) is 2.82. The first-order chi connectivity index (χ1) is 7.77. The minimum absolute atomic E-state index is 0.223. The third kappa shape index (κ3) is 1.37. The van der Waals surface area contributed by atoms with Crippen LogP contribution in [0.15, 0.2) is 24.3 Å². The molecule has 2 N–H and O–H groups in total. The summed E-state index contributed by atoms with van der Waals surface area (Å²) in [5.41, 5.74) is 10.4. The fraction of sp³-hybridized carbons (Fsp3) is 0.429. The van der Waals surface area contributed by atoms with Gasteiger partial charge in [-0.15, -0.1) is 0 Å². The highest BCUT2D eigenvalue weighted by molar-refractivity contribution is 5.86. The normalized spacial score (nSPS) is 16.6. The Morgan fingerprint density at radius 2 is 2.12 bits per heavy atom. The maximum absolute atomic E-state index is 5.95. The van der Waals surface area contributed by atoms with Crippen LogP contribution in [0.25, 0.3) is 10.9 Å². The Bertz CT molecular complexity index is 523. The molecule has 2 aromatic rings. The molecule has 16 heavy (non-hydrogen) atoms. The number of aromatic nitrogens is 1. The van der Waals surface area contributed by atoms with Crippen molar-refractivity contribution in [2.75, 3.05) is 0 Å². The summed E-state index contributed by atoms with van der Waals surface area (Å²) in [4.78, 5) is 0. The summed E-state index contributed by atoms with van der Waals surface area (Å²) < 4.78 is 2.43. The number of nitrogens with two attached hydrogens (primary N) is 1. The van der Waals surface area contributed by atoms with Crippen molar-refractivity contribution >= 4 is 10.9 Å². The Morgan fingerprint density at radius 3 is 2.94 bits per heavy atom. The fourth-order valence-electron chi connectivity index (χ4n) is 2.92. The van der Waals surface area contributed by atoms with E-state index in [0.717, 1.165) is 6.54 Å². The van der Waals surface area contributed by atoms with Gasteiger partial charge in [0.2, 0.25) is 0 Å². The molecule has 0 bridgehead atoms. The summed E-state index contributed by atoms with van der Waals surface area (Å²) in [6.07, 6.45) is 3.76. The number of hydrogen-bond donors (Lipinski definition) is 1. The molecule has 0 fully saturated rings. The molecule has 2 heteroatoms. The Hall–Kier alpha value is -1.28. The molecule has 0 spiro atoms. The Kier molecular flexibility index (Phi) is 2.25. The standard InChI is InChI=1S/C14H18N2/c1-10(15)9-16-13-7-3-2-5-11(13)12-6-4-8-14(12)16/h2-3,5,7,10H,4,6,8-9,15H2,1H3. The molecule has 1 atom stereocenters. The molecule has 1 aromatic carbocycles. The van der Waals surface area contributed by atoms with Gasteiger partial charge in [0.25, 0.3) is 0 Å². The molecule has 84 valence electrons. The Labute approximate surface area is 96.1 Å². The lowest BCUT2D eigenvalue weighted by molar-refractivity contribution is 0.588. The lowest BCUT2D eigenvalue weighted by Crippen LogP contribution is -2.22. The molecule has 0 amide bonds. The van der Waals surface area contributed by atoms with E-state index in [1.54, 1.807) is 5.56 Å². The second-order valence-corrected chi connectivity index (χ2v) is 4.88. The minimum Gasteiger partial charge on any atom is -0.343 e. The van der Waals surface area contributed by atoms with Gasteiger partial charge in [0.05, 0.1) is 0 Å². The monoisotopic (exact) mass is 214 g/mol. The van der Waals surface area contributed by atoms with Crippen LogP contribution >= 0.6 is 0 Å². The molecular formula is C14H18N2. The van der Waals surface area contributed by atoms with Crippen molar-refractivity contribution in [3.05, 3.63) is 35.5 Å². The first-order valence-electron chi connectivity index (χ1n) is 6.12. The quantitative estimate of drug-likeness (QED) is 0.818. The summed E-state index contributed by atoms with van der Waals surface area (Å²) in [5, 5.41) is 1.44. The van der Waals surface area contributed by atoms with E-state index in [2.05, 4.69) is 35.8 Å². The summed E-state index contributed by atoms with van der Waals surface area (Å²) in [6.45, 7) is 3.02. The lowest BCUT2D eigenvalue weighted by Gasteiger charge is -2.12. The number of nitrogens with zero attached hydrogens (tertiary/aromatic N) is 1. The van der Waals surface area contributed by atoms with Crippen LogP contribution in [0.3, 0.4) is 0 Å². The minimum atomic E-state index is 0.223. The van der Waals surface area contributed by atoms with Gasteiger partial charge in [0, 0.05) is 29.2 Å². The zero-order valence-corrected chi connectivity index (χ0v) is 9.74. The van der Waals surface area contributed by atoms with Crippen LogP contribution in [-0.2, 0) is 19.4 Å². The van der Waals surface area contributed by atoms with E-state index < -0.39 is 0 Å². The van der Waals surface area contributed by atoms with Gasteiger partial charge in [-0.3, -0.25) is 0 Å². The second kappa shape index (κ2) is 3.63. The molecule has 1 aliphatic rings. The molecule has 1 aliphatic carbocycles. The topological polar surface area (TPSA) is 30.9 Å². The molecule has 2 nitrogen and oxygen atoms in total. The highest BCUT2D eigenvalue weighted by atomic mass is 15.0. The first-order valence-corrected chi connectivity index (χ1v) is 6.12. The van der Waals surface area contributed by atoms with Crippen molar-refractivity contribution in [1.29, 1.82) is 0 Å². The second-order valence-electron chi connectivity index (χ2n) is 4.88. The molecule has 3 rings (SSSR count). The van der Waals surface area contributed by atoms with E-state index in [9.17, 15) is 0 Å². The van der Waals surface area contributed by atoms with Gasteiger partial charge in [0.15, 0.2) is 0 Å². The third-order valence-electron chi connectivity index (χ3n) is 3.51.